The first kappa shape index (κ1) is 33.5. The van der Waals surface area contributed by atoms with Crippen molar-refractivity contribution < 1.29 is 14.3 Å². The van der Waals surface area contributed by atoms with E-state index in [4.69, 9.17) is 4.74 Å². The summed E-state index contributed by atoms with van der Waals surface area (Å²) in [6, 6.07) is 0. The van der Waals surface area contributed by atoms with E-state index in [1.165, 1.54) is 89.9 Å². The van der Waals surface area contributed by atoms with Gasteiger partial charge in [0.05, 0.1) is 0 Å². The first-order chi connectivity index (χ1) is 20.3. The molecule has 238 valence electrons. The molecule has 0 radical (unpaired) electrons. The fraction of sp³-hybridized carbons (Fsp3) is 0.846. The Bertz CT molecular complexity index is 932. The monoisotopic (exact) mass is 580 g/mol. The van der Waals surface area contributed by atoms with Gasteiger partial charge in [-0.05, 0) is 113 Å². The molecule has 4 rings (SSSR count). The molecule has 0 aromatic heterocycles. The van der Waals surface area contributed by atoms with Gasteiger partial charge in [-0.1, -0.05) is 95.9 Å². The average Bonchev–Trinajstić information content (AvgIpc) is 3.33. The standard InChI is InChI=1S/C39H64O3/c1-5-6-7-8-9-10-11-12-13-14-15-16-17-18-19-20-37(41)42-32-25-27-38(3)31(29-32)21-22-33-35-24-23-34(30(2)40)39(35,4)28-26-36(33)38/h12-13,21,32-36H,5-11,14-20,22-29H2,1-4H3/b13-12-/t32?,33-,34+,35-,36-,38-,39+/m0/s1. The summed E-state index contributed by atoms with van der Waals surface area (Å²) in [6.45, 7) is 9.05. The maximum atomic E-state index is 12.7. The minimum Gasteiger partial charge on any atom is -0.462 e. The predicted octanol–water partition coefficient (Wildman–Crippen LogP) is 11.1. The second-order valence-electron chi connectivity index (χ2n) is 15.2. The van der Waals surface area contributed by atoms with Gasteiger partial charge in [0.2, 0.25) is 0 Å². The molecule has 0 N–H and O–H groups in total. The third-order valence-corrected chi connectivity index (χ3v) is 12.5. The van der Waals surface area contributed by atoms with Crippen molar-refractivity contribution in [3.63, 3.8) is 0 Å². The number of carbonyl (C=O) groups is 2. The third-order valence-electron chi connectivity index (χ3n) is 12.5. The molecule has 3 heteroatoms. The highest BCUT2D eigenvalue weighted by molar-refractivity contribution is 5.79. The van der Waals surface area contributed by atoms with Crippen molar-refractivity contribution in [2.45, 2.75) is 175 Å². The Hall–Kier alpha value is -1.38. The molecule has 3 saturated carbocycles. The lowest BCUT2D eigenvalue weighted by Crippen LogP contribution is -2.51. The zero-order valence-corrected chi connectivity index (χ0v) is 27.9. The first-order valence-corrected chi connectivity index (χ1v) is 18.3. The van der Waals surface area contributed by atoms with Crippen LogP contribution in [0.2, 0.25) is 0 Å². The third kappa shape index (κ3) is 8.20. The Kier molecular flexibility index (Phi) is 12.8. The van der Waals surface area contributed by atoms with Gasteiger partial charge in [-0.2, -0.15) is 0 Å². The number of ether oxygens (including phenoxy) is 1. The van der Waals surface area contributed by atoms with Crippen LogP contribution in [0.1, 0.15) is 169 Å². The number of fused-ring (bicyclic) bond motifs is 5. The van der Waals surface area contributed by atoms with Crippen molar-refractivity contribution >= 4 is 11.8 Å². The molecule has 0 spiro atoms. The summed E-state index contributed by atoms with van der Waals surface area (Å²) in [6.07, 6.45) is 33.6. The summed E-state index contributed by atoms with van der Waals surface area (Å²) in [5.74, 6) is 2.86. The molecule has 7 atom stereocenters. The van der Waals surface area contributed by atoms with Crippen LogP contribution >= 0.6 is 0 Å². The van der Waals surface area contributed by atoms with Crippen LogP contribution in [0.5, 0.6) is 0 Å². The first-order valence-electron chi connectivity index (χ1n) is 18.3. The van der Waals surface area contributed by atoms with E-state index in [-0.39, 0.29) is 28.8 Å². The number of hydrogen-bond acceptors (Lipinski definition) is 3. The topological polar surface area (TPSA) is 43.4 Å². The number of hydrogen-bond donors (Lipinski definition) is 0. The molecular formula is C39H64O3. The normalized spacial score (nSPS) is 34.0. The largest absolute Gasteiger partial charge is 0.462 e. The van der Waals surface area contributed by atoms with Gasteiger partial charge in [0.15, 0.2) is 0 Å². The van der Waals surface area contributed by atoms with Crippen LogP contribution in [-0.2, 0) is 14.3 Å². The molecule has 4 aliphatic carbocycles. The van der Waals surface area contributed by atoms with Crippen LogP contribution in [0, 0.1) is 34.5 Å². The van der Waals surface area contributed by atoms with Crippen molar-refractivity contribution in [1.82, 2.24) is 0 Å². The van der Waals surface area contributed by atoms with E-state index >= 15 is 0 Å². The van der Waals surface area contributed by atoms with Gasteiger partial charge in [0.1, 0.15) is 11.9 Å². The lowest BCUT2D eigenvalue weighted by Gasteiger charge is -2.58. The molecule has 0 aliphatic heterocycles. The summed E-state index contributed by atoms with van der Waals surface area (Å²) < 4.78 is 6.04. The van der Waals surface area contributed by atoms with Gasteiger partial charge in [-0.15, -0.1) is 0 Å². The van der Waals surface area contributed by atoms with Crippen LogP contribution in [0.25, 0.3) is 0 Å². The zero-order valence-electron chi connectivity index (χ0n) is 27.9. The van der Waals surface area contributed by atoms with E-state index in [1.807, 2.05) is 6.92 Å². The molecule has 3 nitrogen and oxygen atoms in total. The summed E-state index contributed by atoms with van der Waals surface area (Å²) in [5.41, 5.74) is 2.04. The zero-order chi connectivity index (χ0) is 30.0. The summed E-state index contributed by atoms with van der Waals surface area (Å²) in [7, 11) is 0. The van der Waals surface area contributed by atoms with Gasteiger partial charge in [-0.3, -0.25) is 9.59 Å². The highest BCUT2D eigenvalue weighted by Gasteiger charge is 2.59. The fourth-order valence-corrected chi connectivity index (χ4v) is 9.98. The van der Waals surface area contributed by atoms with E-state index in [2.05, 4.69) is 39.0 Å². The number of unbranched alkanes of at least 4 members (excludes halogenated alkanes) is 11. The minimum absolute atomic E-state index is 0.0187. The Morgan fingerprint density at radius 3 is 2.19 bits per heavy atom. The van der Waals surface area contributed by atoms with Gasteiger partial charge in [0, 0.05) is 18.8 Å². The predicted molar refractivity (Wildman–Crippen MR) is 175 cm³/mol. The van der Waals surface area contributed by atoms with Gasteiger partial charge < -0.3 is 4.74 Å². The second kappa shape index (κ2) is 16.1. The van der Waals surface area contributed by atoms with E-state index in [1.54, 1.807) is 5.57 Å². The van der Waals surface area contributed by atoms with E-state index in [0.717, 1.165) is 56.8 Å². The quantitative estimate of drug-likeness (QED) is 0.0976. The second-order valence-corrected chi connectivity index (χ2v) is 15.2. The van der Waals surface area contributed by atoms with Crippen molar-refractivity contribution in [3.8, 4) is 0 Å². The van der Waals surface area contributed by atoms with Crippen molar-refractivity contribution in [1.29, 1.82) is 0 Å². The Balaban J connectivity index is 1.09. The van der Waals surface area contributed by atoms with E-state index in [9.17, 15) is 9.59 Å². The average molecular weight is 581 g/mol. The maximum Gasteiger partial charge on any atom is 0.306 e. The van der Waals surface area contributed by atoms with E-state index < -0.39 is 0 Å². The smallest absolute Gasteiger partial charge is 0.306 e. The number of Topliss-reactive ketones (excluding diaryl/α,β-unsaturated/α-hetero) is 1. The fourth-order valence-electron chi connectivity index (χ4n) is 9.98. The molecule has 0 aromatic rings. The molecule has 4 aliphatic rings. The number of rotatable bonds is 17. The van der Waals surface area contributed by atoms with Gasteiger partial charge in [0.25, 0.3) is 0 Å². The molecular weight excluding hydrogens is 516 g/mol. The van der Waals surface area contributed by atoms with Crippen LogP contribution in [-0.4, -0.2) is 17.9 Å². The molecule has 1 unspecified atom stereocenters. The van der Waals surface area contributed by atoms with Crippen molar-refractivity contribution in [3.05, 3.63) is 23.8 Å². The van der Waals surface area contributed by atoms with Crippen LogP contribution in [0.15, 0.2) is 23.8 Å². The van der Waals surface area contributed by atoms with Crippen molar-refractivity contribution in [2.24, 2.45) is 34.5 Å². The Morgan fingerprint density at radius 2 is 1.50 bits per heavy atom. The highest BCUT2D eigenvalue weighted by Crippen LogP contribution is 2.66. The van der Waals surface area contributed by atoms with Crippen LogP contribution < -0.4 is 0 Å². The lowest BCUT2D eigenvalue weighted by molar-refractivity contribution is -0.151. The Labute approximate surface area is 259 Å². The highest BCUT2D eigenvalue weighted by atomic mass is 16.5. The minimum atomic E-state index is 0.0187. The maximum absolute atomic E-state index is 12.7. The molecule has 0 saturated heterocycles. The Morgan fingerprint density at radius 1 is 0.833 bits per heavy atom. The number of esters is 1. The molecule has 0 amide bonds. The summed E-state index contributed by atoms with van der Waals surface area (Å²) in [5, 5.41) is 0. The van der Waals surface area contributed by atoms with Gasteiger partial charge in [-0.25, -0.2) is 0 Å². The van der Waals surface area contributed by atoms with Crippen LogP contribution in [0.3, 0.4) is 0 Å². The molecule has 0 heterocycles. The molecule has 42 heavy (non-hydrogen) atoms. The SMILES string of the molecule is CCCCCCCC/C=C\CCCCCCCC(=O)OC1CC[C@@]2(C)C(=CC[C@H]3[C@@H]4CC[C@H](C(C)=O)[C@@]4(C)CC[C@@H]32)C1. The van der Waals surface area contributed by atoms with E-state index in [0.29, 0.717) is 18.1 Å². The number of carbonyl (C=O) groups excluding carboxylic acids is 2. The molecule has 0 bridgehead atoms. The summed E-state index contributed by atoms with van der Waals surface area (Å²) in [4.78, 5) is 25.1. The number of allylic oxidation sites excluding steroid dienone is 3. The van der Waals surface area contributed by atoms with Crippen LogP contribution in [0.4, 0.5) is 0 Å². The number of ketones is 1. The van der Waals surface area contributed by atoms with Gasteiger partial charge >= 0.3 is 5.97 Å². The molecule has 0 aromatic carbocycles. The summed E-state index contributed by atoms with van der Waals surface area (Å²) >= 11 is 0. The molecule has 3 fully saturated rings. The van der Waals surface area contributed by atoms with Crippen molar-refractivity contribution in [2.75, 3.05) is 0 Å². The lowest BCUT2D eigenvalue weighted by atomic mass is 9.47.